The lowest BCUT2D eigenvalue weighted by atomic mass is 10.1. The molecule has 0 radical (unpaired) electrons. The number of rotatable bonds is 9. The van der Waals surface area contributed by atoms with E-state index in [-0.39, 0.29) is 17.5 Å². The van der Waals surface area contributed by atoms with Crippen molar-refractivity contribution in [2.24, 2.45) is 0 Å². The number of carbonyl (C=O) groups excluding carboxylic acids is 2. The van der Waals surface area contributed by atoms with Crippen molar-refractivity contribution in [1.29, 1.82) is 0 Å². The first kappa shape index (κ1) is 21.0. The highest BCUT2D eigenvalue weighted by Crippen LogP contribution is 2.10. The summed E-state index contributed by atoms with van der Waals surface area (Å²) in [5.41, 5.74) is 0.840. The monoisotopic (exact) mass is 397 g/mol. The van der Waals surface area contributed by atoms with Crippen LogP contribution in [0, 0.1) is 0 Å². The molecule has 0 bridgehead atoms. The molecule has 2 heterocycles. The van der Waals surface area contributed by atoms with Gasteiger partial charge in [-0.15, -0.1) is 0 Å². The molecule has 1 aliphatic rings. The zero-order valence-corrected chi connectivity index (χ0v) is 16.6. The largest absolute Gasteiger partial charge is 0.377 e. The van der Waals surface area contributed by atoms with E-state index in [9.17, 15) is 14.4 Å². The zero-order valence-electron chi connectivity index (χ0n) is 16.6. The Bertz CT molecular complexity index is 902. The minimum atomic E-state index is -0.497. The SMILES string of the molecule is CNC(=O)c1cc(C(=O)CCCOC2CCNC2)cn(Cc2ccccc2)c1=O. The second-order valence-electron chi connectivity index (χ2n) is 7.15. The topological polar surface area (TPSA) is 89.4 Å². The van der Waals surface area contributed by atoms with Crippen LogP contribution in [-0.2, 0) is 11.3 Å². The average molecular weight is 397 g/mol. The van der Waals surface area contributed by atoms with Gasteiger partial charge in [0.2, 0.25) is 0 Å². The van der Waals surface area contributed by atoms with Gasteiger partial charge in [-0.25, -0.2) is 0 Å². The van der Waals surface area contributed by atoms with Gasteiger partial charge in [-0.3, -0.25) is 14.4 Å². The number of hydrogen-bond acceptors (Lipinski definition) is 5. The molecule has 0 saturated carbocycles. The van der Waals surface area contributed by atoms with Gasteiger partial charge in [0, 0.05) is 38.4 Å². The summed E-state index contributed by atoms with van der Waals surface area (Å²) in [6, 6.07) is 10.9. The fourth-order valence-electron chi connectivity index (χ4n) is 3.38. The Morgan fingerprint density at radius 3 is 2.76 bits per heavy atom. The van der Waals surface area contributed by atoms with Gasteiger partial charge in [0.05, 0.1) is 12.6 Å². The molecule has 7 heteroatoms. The van der Waals surface area contributed by atoms with Crippen LogP contribution in [0.4, 0.5) is 0 Å². The fourth-order valence-corrected chi connectivity index (χ4v) is 3.38. The molecule has 0 spiro atoms. The third-order valence-electron chi connectivity index (χ3n) is 4.99. The van der Waals surface area contributed by atoms with E-state index in [1.165, 1.54) is 17.7 Å². The minimum absolute atomic E-state index is 0.0254. The zero-order chi connectivity index (χ0) is 20.6. The Labute approximate surface area is 170 Å². The van der Waals surface area contributed by atoms with E-state index < -0.39 is 11.5 Å². The first-order chi connectivity index (χ1) is 14.1. The second kappa shape index (κ2) is 10.1. The number of hydrogen-bond donors (Lipinski definition) is 2. The van der Waals surface area contributed by atoms with Crippen LogP contribution in [0.15, 0.2) is 47.4 Å². The molecule has 1 fully saturated rings. The van der Waals surface area contributed by atoms with Crippen molar-refractivity contribution < 1.29 is 14.3 Å². The van der Waals surface area contributed by atoms with E-state index in [0.717, 1.165) is 25.1 Å². The maximum absolute atomic E-state index is 12.7. The standard InChI is InChI=1S/C22H27N3O4/c1-23-21(27)19-12-17(20(26)8-5-11-29-18-9-10-24-13-18)15-25(22(19)28)14-16-6-3-2-4-7-16/h2-4,6-7,12,15,18,24H,5,8-11,13-14H2,1H3,(H,23,27). The highest BCUT2D eigenvalue weighted by atomic mass is 16.5. The lowest BCUT2D eigenvalue weighted by Crippen LogP contribution is -2.32. The van der Waals surface area contributed by atoms with E-state index in [1.54, 1.807) is 6.20 Å². The summed E-state index contributed by atoms with van der Waals surface area (Å²) in [4.78, 5) is 37.6. The molecule has 1 aromatic carbocycles. The van der Waals surface area contributed by atoms with Crippen molar-refractivity contribution in [1.82, 2.24) is 15.2 Å². The van der Waals surface area contributed by atoms with Crippen LogP contribution in [0.25, 0.3) is 0 Å². The molecule has 2 N–H and O–H groups in total. The number of nitrogens with zero attached hydrogens (tertiary/aromatic N) is 1. The van der Waals surface area contributed by atoms with Crippen LogP contribution in [-0.4, -0.2) is 49.1 Å². The smallest absolute Gasteiger partial charge is 0.263 e. The molecule has 1 aliphatic heterocycles. The summed E-state index contributed by atoms with van der Waals surface area (Å²) in [6.07, 6.45) is 3.66. The first-order valence-corrected chi connectivity index (χ1v) is 9.94. The summed E-state index contributed by atoms with van der Waals surface area (Å²) in [5, 5.41) is 5.71. The Morgan fingerprint density at radius 2 is 2.07 bits per heavy atom. The maximum Gasteiger partial charge on any atom is 0.263 e. The molecule has 1 unspecified atom stereocenters. The molecule has 2 aromatic rings. The number of ether oxygens (including phenoxy) is 1. The molecule has 29 heavy (non-hydrogen) atoms. The quantitative estimate of drug-likeness (QED) is 0.496. The molecular formula is C22H27N3O4. The van der Waals surface area contributed by atoms with Crippen LogP contribution < -0.4 is 16.2 Å². The molecule has 1 atom stereocenters. The lowest BCUT2D eigenvalue weighted by molar-refractivity contribution is 0.0623. The highest BCUT2D eigenvalue weighted by molar-refractivity contribution is 6.00. The van der Waals surface area contributed by atoms with E-state index in [4.69, 9.17) is 4.74 Å². The van der Waals surface area contributed by atoms with E-state index in [2.05, 4.69) is 10.6 Å². The van der Waals surface area contributed by atoms with Gasteiger partial charge in [0.25, 0.3) is 11.5 Å². The predicted molar refractivity (Wildman–Crippen MR) is 110 cm³/mol. The number of aromatic nitrogens is 1. The normalized spacial score (nSPS) is 16.0. The summed E-state index contributed by atoms with van der Waals surface area (Å²) in [6.45, 7) is 2.63. The van der Waals surface area contributed by atoms with Crippen LogP contribution in [0.2, 0.25) is 0 Å². The molecule has 154 valence electrons. The Hall–Kier alpha value is -2.77. The second-order valence-corrected chi connectivity index (χ2v) is 7.15. The number of Topliss-reactive ketones (excluding diaryl/α,β-unsaturated/α-hetero) is 1. The maximum atomic E-state index is 12.7. The molecule has 7 nitrogen and oxygen atoms in total. The number of benzene rings is 1. The number of amides is 1. The molecular weight excluding hydrogens is 370 g/mol. The Morgan fingerprint density at radius 1 is 1.28 bits per heavy atom. The Kier molecular flexibility index (Phi) is 7.32. The van der Waals surface area contributed by atoms with Crippen LogP contribution in [0.5, 0.6) is 0 Å². The molecule has 1 amide bonds. The van der Waals surface area contributed by atoms with Gasteiger partial charge in [0.1, 0.15) is 5.56 Å². The minimum Gasteiger partial charge on any atom is -0.377 e. The van der Waals surface area contributed by atoms with Crippen molar-refractivity contribution in [3.8, 4) is 0 Å². The van der Waals surface area contributed by atoms with Gasteiger partial charge in [0.15, 0.2) is 5.78 Å². The van der Waals surface area contributed by atoms with E-state index >= 15 is 0 Å². The molecule has 1 saturated heterocycles. The number of ketones is 1. The highest BCUT2D eigenvalue weighted by Gasteiger charge is 2.18. The van der Waals surface area contributed by atoms with E-state index in [1.807, 2.05) is 30.3 Å². The van der Waals surface area contributed by atoms with Crippen molar-refractivity contribution in [3.63, 3.8) is 0 Å². The fraction of sp³-hybridized carbons (Fsp3) is 0.409. The summed E-state index contributed by atoms with van der Waals surface area (Å²) in [7, 11) is 1.47. The van der Waals surface area contributed by atoms with E-state index in [0.29, 0.717) is 31.6 Å². The number of pyridine rings is 1. The summed E-state index contributed by atoms with van der Waals surface area (Å²) in [5.74, 6) is -0.603. The number of carbonyl (C=O) groups is 2. The van der Waals surface area contributed by atoms with Gasteiger partial charge >= 0.3 is 0 Å². The van der Waals surface area contributed by atoms with Crippen LogP contribution >= 0.6 is 0 Å². The Balaban J connectivity index is 1.73. The van der Waals surface area contributed by atoms with Crippen molar-refractivity contribution in [3.05, 3.63) is 69.6 Å². The third kappa shape index (κ3) is 5.62. The van der Waals surface area contributed by atoms with Gasteiger partial charge in [-0.05, 0) is 31.0 Å². The first-order valence-electron chi connectivity index (χ1n) is 9.94. The van der Waals surface area contributed by atoms with Gasteiger partial charge in [-0.1, -0.05) is 30.3 Å². The van der Waals surface area contributed by atoms with Crippen molar-refractivity contribution in [2.75, 3.05) is 26.7 Å². The molecule has 1 aromatic heterocycles. The average Bonchev–Trinajstić information content (AvgIpc) is 3.26. The summed E-state index contributed by atoms with van der Waals surface area (Å²) < 4.78 is 7.18. The molecule has 0 aliphatic carbocycles. The third-order valence-corrected chi connectivity index (χ3v) is 4.99. The van der Waals surface area contributed by atoms with Crippen LogP contribution in [0.3, 0.4) is 0 Å². The lowest BCUT2D eigenvalue weighted by Gasteiger charge is -2.12. The summed E-state index contributed by atoms with van der Waals surface area (Å²) >= 11 is 0. The predicted octanol–water partition coefficient (Wildman–Crippen LogP) is 1.60. The van der Waals surface area contributed by atoms with Gasteiger partial charge < -0.3 is 19.9 Å². The molecule has 3 rings (SSSR count). The van der Waals surface area contributed by atoms with Crippen molar-refractivity contribution >= 4 is 11.7 Å². The number of nitrogens with one attached hydrogen (secondary N) is 2. The van der Waals surface area contributed by atoms with Crippen LogP contribution in [0.1, 0.15) is 45.5 Å². The van der Waals surface area contributed by atoms with Gasteiger partial charge in [-0.2, -0.15) is 0 Å². The van der Waals surface area contributed by atoms with Crippen molar-refractivity contribution in [2.45, 2.75) is 31.9 Å².